The highest BCUT2D eigenvalue weighted by Crippen LogP contribution is 2.28. The van der Waals surface area contributed by atoms with Gasteiger partial charge in [0.05, 0.1) is 34.5 Å². The van der Waals surface area contributed by atoms with Crippen LogP contribution in [0, 0.1) is 12.7 Å². The summed E-state index contributed by atoms with van der Waals surface area (Å²) < 4.78 is 19.2. The highest BCUT2D eigenvalue weighted by Gasteiger charge is 2.15. The van der Waals surface area contributed by atoms with Crippen molar-refractivity contribution in [2.24, 2.45) is 0 Å². The van der Waals surface area contributed by atoms with Crippen molar-refractivity contribution in [2.45, 2.75) is 13.3 Å². The first-order chi connectivity index (χ1) is 14.5. The van der Waals surface area contributed by atoms with Crippen LogP contribution in [0.5, 0.6) is 0 Å². The van der Waals surface area contributed by atoms with Crippen LogP contribution < -0.4 is 10.6 Å². The van der Waals surface area contributed by atoms with Crippen molar-refractivity contribution in [3.8, 4) is 9.88 Å². The van der Waals surface area contributed by atoms with Gasteiger partial charge in [-0.2, -0.15) is 0 Å². The largest absolute Gasteiger partial charge is 0.469 e. The predicted octanol–water partition coefficient (Wildman–Crippen LogP) is 5.35. The van der Waals surface area contributed by atoms with Gasteiger partial charge in [0.15, 0.2) is 0 Å². The highest BCUT2D eigenvalue weighted by molar-refractivity contribution is 7.20. The van der Waals surface area contributed by atoms with Crippen LogP contribution in [0.2, 0.25) is 0 Å². The third-order valence-corrected chi connectivity index (χ3v) is 6.16. The molecule has 3 heterocycles. The number of furan rings is 1. The Morgan fingerprint density at radius 1 is 1.17 bits per heavy atom. The van der Waals surface area contributed by atoms with E-state index in [2.05, 4.69) is 15.6 Å². The molecule has 0 fully saturated rings. The van der Waals surface area contributed by atoms with Gasteiger partial charge in [0.2, 0.25) is 5.91 Å². The lowest BCUT2D eigenvalue weighted by atomic mass is 10.2. The molecule has 4 aromatic rings. The number of benzene rings is 1. The summed E-state index contributed by atoms with van der Waals surface area (Å²) in [4.78, 5) is 30.2. The Morgan fingerprint density at radius 2 is 2.03 bits per heavy atom. The first kappa shape index (κ1) is 20.0. The molecule has 0 bridgehead atoms. The number of anilines is 2. The molecule has 0 atom stereocenters. The number of nitrogens with zero attached hydrogens (tertiary/aromatic N) is 1. The van der Waals surface area contributed by atoms with Crippen molar-refractivity contribution in [3.63, 3.8) is 0 Å². The number of aromatic nitrogens is 1. The Labute approximate surface area is 179 Å². The maximum atomic E-state index is 14.1. The number of aryl methyl sites for hydroxylation is 1. The fourth-order valence-electron chi connectivity index (χ4n) is 2.78. The van der Waals surface area contributed by atoms with Crippen LogP contribution in [0.25, 0.3) is 9.88 Å². The topological polar surface area (TPSA) is 84.2 Å². The van der Waals surface area contributed by atoms with Gasteiger partial charge >= 0.3 is 0 Å². The van der Waals surface area contributed by atoms with Crippen molar-refractivity contribution in [2.75, 3.05) is 10.6 Å². The summed E-state index contributed by atoms with van der Waals surface area (Å²) in [6, 6.07) is 9.43. The van der Waals surface area contributed by atoms with Gasteiger partial charge in [0.1, 0.15) is 16.6 Å². The predicted molar refractivity (Wildman–Crippen MR) is 116 cm³/mol. The molecule has 0 aliphatic carbocycles. The van der Waals surface area contributed by atoms with Gasteiger partial charge in [0, 0.05) is 11.1 Å². The van der Waals surface area contributed by atoms with Crippen LogP contribution in [0.4, 0.5) is 15.8 Å². The Hall–Kier alpha value is -3.30. The number of halogens is 1. The summed E-state index contributed by atoms with van der Waals surface area (Å²) in [5, 5.41) is 9.90. The third-order valence-electron chi connectivity index (χ3n) is 4.23. The van der Waals surface area contributed by atoms with Gasteiger partial charge in [-0.3, -0.25) is 9.59 Å². The molecule has 0 aliphatic heterocycles. The molecule has 0 radical (unpaired) electrons. The fourth-order valence-corrected chi connectivity index (χ4v) is 4.41. The molecule has 9 heteroatoms. The molecule has 1 aromatic carbocycles. The lowest BCUT2D eigenvalue weighted by molar-refractivity contribution is -0.115. The summed E-state index contributed by atoms with van der Waals surface area (Å²) in [7, 11) is 0. The van der Waals surface area contributed by atoms with Crippen LogP contribution >= 0.6 is 22.7 Å². The Kier molecular flexibility index (Phi) is 5.73. The molecule has 0 saturated carbocycles. The number of thiazole rings is 1. The third kappa shape index (κ3) is 4.47. The fraction of sp³-hybridized carbons (Fsp3) is 0.0952. The number of hydrogen-bond donors (Lipinski definition) is 2. The molecule has 0 saturated heterocycles. The lowest BCUT2D eigenvalue weighted by Gasteiger charge is -2.09. The Morgan fingerprint density at radius 3 is 2.77 bits per heavy atom. The minimum atomic E-state index is -0.609. The van der Waals surface area contributed by atoms with E-state index in [0.29, 0.717) is 22.7 Å². The van der Waals surface area contributed by atoms with Crippen LogP contribution in [-0.4, -0.2) is 16.8 Å². The molecule has 30 heavy (non-hydrogen) atoms. The van der Waals surface area contributed by atoms with Gasteiger partial charge in [0.25, 0.3) is 5.91 Å². The monoisotopic (exact) mass is 441 g/mol. The van der Waals surface area contributed by atoms with E-state index in [-0.39, 0.29) is 18.0 Å². The minimum Gasteiger partial charge on any atom is -0.469 e. The van der Waals surface area contributed by atoms with Gasteiger partial charge < -0.3 is 15.1 Å². The van der Waals surface area contributed by atoms with Crippen LogP contribution in [0.1, 0.15) is 21.8 Å². The molecule has 3 aromatic heterocycles. The molecular weight excluding hydrogens is 425 g/mol. The number of nitrogens with one attached hydrogen (secondary N) is 2. The van der Waals surface area contributed by atoms with Crippen LogP contribution in [-0.2, 0) is 11.2 Å². The summed E-state index contributed by atoms with van der Waals surface area (Å²) in [5.41, 5.74) is 1.31. The van der Waals surface area contributed by atoms with Gasteiger partial charge in [-0.05, 0) is 42.6 Å². The van der Waals surface area contributed by atoms with E-state index >= 15 is 0 Å². The van der Waals surface area contributed by atoms with Gasteiger partial charge in [-0.1, -0.05) is 6.07 Å². The Balaban J connectivity index is 1.42. The number of carbonyl (C=O) groups is 2. The zero-order chi connectivity index (χ0) is 21.1. The number of hydrogen-bond acceptors (Lipinski definition) is 6. The molecular formula is C21H16FN3O3S2. The van der Waals surface area contributed by atoms with Crippen molar-refractivity contribution >= 4 is 45.9 Å². The van der Waals surface area contributed by atoms with Crippen LogP contribution in [0.15, 0.2) is 57.8 Å². The maximum absolute atomic E-state index is 14.1. The van der Waals surface area contributed by atoms with E-state index in [1.165, 1.54) is 41.9 Å². The second kappa shape index (κ2) is 8.60. The first-order valence-corrected chi connectivity index (χ1v) is 10.7. The summed E-state index contributed by atoms with van der Waals surface area (Å²) in [6.07, 6.45) is 1.48. The lowest BCUT2D eigenvalue weighted by Crippen LogP contribution is -2.16. The SMILES string of the molecule is Cc1occc1C(=O)Nc1cc(NC(=O)Cc2csc(-c3cccs3)n2)ccc1F. The average Bonchev–Trinajstić information content (AvgIpc) is 3.45. The first-order valence-electron chi connectivity index (χ1n) is 8.93. The average molecular weight is 442 g/mol. The van der Waals surface area contributed by atoms with Crippen molar-refractivity contribution in [1.29, 1.82) is 0 Å². The quantitative estimate of drug-likeness (QED) is 0.423. The van der Waals surface area contributed by atoms with E-state index in [4.69, 9.17) is 4.42 Å². The minimum absolute atomic E-state index is 0.0351. The molecule has 0 aliphatic rings. The number of carbonyl (C=O) groups excluding carboxylic acids is 2. The van der Waals surface area contributed by atoms with Crippen molar-refractivity contribution in [1.82, 2.24) is 4.98 Å². The zero-order valence-electron chi connectivity index (χ0n) is 15.8. The smallest absolute Gasteiger partial charge is 0.259 e. The van der Waals surface area contributed by atoms with Crippen molar-refractivity contribution < 1.29 is 18.4 Å². The van der Waals surface area contributed by atoms with E-state index in [1.54, 1.807) is 18.3 Å². The Bertz CT molecular complexity index is 1200. The normalized spacial score (nSPS) is 10.7. The molecule has 2 N–H and O–H groups in total. The van der Waals surface area contributed by atoms with E-state index in [0.717, 1.165) is 9.88 Å². The van der Waals surface area contributed by atoms with E-state index in [1.807, 2.05) is 22.9 Å². The summed E-state index contributed by atoms with van der Waals surface area (Å²) in [6.45, 7) is 1.64. The number of amides is 2. The molecule has 152 valence electrons. The van der Waals surface area contributed by atoms with E-state index in [9.17, 15) is 14.0 Å². The molecule has 0 unspecified atom stereocenters. The highest BCUT2D eigenvalue weighted by atomic mass is 32.1. The summed E-state index contributed by atoms with van der Waals surface area (Å²) in [5.74, 6) is -0.954. The molecule has 0 spiro atoms. The van der Waals surface area contributed by atoms with Crippen molar-refractivity contribution in [3.05, 3.63) is 76.3 Å². The zero-order valence-corrected chi connectivity index (χ0v) is 17.4. The molecule has 4 rings (SSSR count). The molecule has 2 amide bonds. The van der Waals surface area contributed by atoms with E-state index < -0.39 is 11.7 Å². The standard InChI is InChI=1S/C21H16FN3O3S2/c1-12-15(6-7-28-12)20(27)25-17-9-13(4-5-16(17)22)23-19(26)10-14-11-30-21(24-14)18-3-2-8-29-18/h2-9,11H,10H2,1H3,(H,23,26)(H,25,27). The molecule has 6 nitrogen and oxygen atoms in total. The number of rotatable bonds is 6. The maximum Gasteiger partial charge on any atom is 0.259 e. The number of thiophene rings is 1. The second-order valence-electron chi connectivity index (χ2n) is 6.39. The van der Waals surface area contributed by atoms with Crippen LogP contribution in [0.3, 0.4) is 0 Å². The van der Waals surface area contributed by atoms with Gasteiger partial charge in [-0.15, -0.1) is 22.7 Å². The summed E-state index contributed by atoms with van der Waals surface area (Å²) >= 11 is 3.07. The second-order valence-corrected chi connectivity index (χ2v) is 8.19. The van der Waals surface area contributed by atoms with Gasteiger partial charge in [-0.25, -0.2) is 9.37 Å².